The lowest BCUT2D eigenvalue weighted by Crippen LogP contribution is -2.20. The van der Waals surface area contributed by atoms with Crippen molar-refractivity contribution in [3.8, 4) is 0 Å². The molecule has 0 aliphatic heterocycles. The summed E-state index contributed by atoms with van der Waals surface area (Å²) in [5.74, 6) is 0. The smallest absolute Gasteiger partial charge is 0.225 e. The van der Waals surface area contributed by atoms with E-state index in [0.717, 1.165) is 6.26 Å². The van der Waals surface area contributed by atoms with Gasteiger partial charge in [0.1, 0.15) is 0 Å². The lowest BCUT2D eigenvalue weighted by molar-refractivity contribution is -0.153. The van der Waals surface area contributed by atoms with Crippen LogP contribution in [0.3, 0.4) is 0 Å². The zero-order chi connectivity index (χ0) is 6.78. The molecule has 1 atom stereocenters. The highest BCUT2D eigenvalue weighted by atomic mass is 32.2. The predicted molar refractivity (Wildman–Crippen MR) is 24.5 cm³/mol. The van der Waals surface area contributed by atoms with E-state index in [1.54, 1.807) is 0 Å². The van der Waals surface area contributed by atoms with Gasteiger partial charge in [0, 0.05) is 0 Å². The summed E-state index contributed by atoms with van der Waals surface area (Å²) in [5.41, 5.74) is -2.73. The van der Waals surface area contributed by atoms with E-state index in [4.69, 9.17) is 0 Å². The van der Waals surface area contributed by atoms with Crippen molar-refractivity contribution in [1.82, 2.24) is 0 Å². The number of alkyl halides is 4. The highest BCUT2D eigenvalue weighted by Crippen LogP contribution is 2.29. The Morgan fingerprint density at radius 3 is 1.75 bits per heavy atom. The zero-order valence-electron chi connectivity index (χ0n) is 4.00. The Morgan fingerprint density at radius 1 is 1.38 bits per heavy atom. The average Bonchev–Trinajstić information content (AvgIpc) is 1.62. The summed E-state index contributed by atoms with van der Waals surface area (Å²) in [6.07, 6.45) is -3.63. The summed E-state index contributed by atoms with van der Waals surface area (Å²) >= 11 is 0.140. The van der Waals surface area contributed by atoms with E-state index >= 15 is 0 Å². The van der Waals surface area contributed by atoms with Crippen LogP contribution in [-0.2, 0) is 0 Å². The molecule has 50 valence electrons. The van der Waals surface area contributed by atoms with Crippen LogP contribution in [-0.4, -0.2) is 17.9 Å². The van der Waals surface area contributed by atoms with Crippen molar-refractivity contribution in [3.63, 3.8) is 0 Å². The van der Waals surface area contributed by atoms with Crippen LogP contribution in [0.1, 0.15) is 0 Å². The van der Waals surface area contributed by atoms with E-state index in [-0.39, 0.29) is 11.8 Å². The Kier molecular flexibility index (Phi) is 2.59. The molecule has 0 amide bonds. The molecule has 8 heavy (non-hydrogen) atoms. The average molecular weight is 148 g/mol. The van der Waals surface area contributed by atoms with Gasteiger partial charge in [-0.05, 0) is 6.26 Å². The minimum Gasteiger partial charge on any atom is -0.225 e. The number of halogens is 4. The van der Waals surface area contributed by atoms with E-state index in [1.165, 1.54) is 0 Å². The van der Waals surface area contributed by atoms with Crippen molar-refractivity contribution >= 4 is 11.8 Å². The maximum atomic E-state index is 11.5. The topological polar surface area (TPSA) is 0 Å². The fourth-order valence-corrected chi connectivity index (χ4v) is 0.401. The van der Waals surface area contributed by atoms with Gasteiger partial charge < -0.3 is 0 Å². The Labute approximate surface area is 48.3 Å². The summed E-state index contributed by atoms with van der Waals surface area (Å²) in [7, 11) is 0. The molecule has 0 saturated carbocycles. The molecule has 0 N–H and O–H groups in total. The molecular formula is C3H4F4S. The number of rotatable bonds is 1. The third-order valence-electron chi connectivity index (χ3n) is 0.464. The van der Waals surface area contributed by atoms with Gasteiger partial charge in [-0.3, -0.25) is 0 Å². The third kappa shape index (κ3) is 2.40. The molecule has 0 aliphatic rings. The SMILES string of the molecule is CSC(F)C(F)(F)F. The molecule has 0 aromatic rings. The quantitative estimate of drug-likeness (QED) is 0.514. The normalized spacial score (nSPS) is 16.1. The Bertz CT molecular complexity index is 68.2. The molecule has 0 aromatic carbocycles. The molecule has 5 heteroatoms. The van der Waals surface area contributed by atoms with E-state index < -0.39 is 11.7 Å². The fraction of sp³-hybridized carbons (Fsp3) is 1.00. The first-order valence-corrected chi connectivity index (χ1v) is 3.01. The maximum absolute atomic E-state index is 11.5. The first kappa shape index (κ1) is 8.07. The van der Waals surface area contributed by atoms with Gasteiger partial charge in [-0.15, -0.1) is 11.8 Å². The van der Waals surface area contributed by atoms with Gasteiger partial charge in [0.2, 0.25) is 5.50 Å². The fourth-order valence-electron chi connectivity index (χ4n) is 0.134. The van der Waals surface area contributed by atoms with Crippen molar-refractivity contribution in [3.05, 3.63) is 0 Å². The van der Waals surface area contributed by atoms with Gasteiger partial charge in [0.05, 0.1) is 0 Å². The van der Waals surface area contributed by atoms with Crippen LogP contribution in [0, 0.1) is 0 Å². The van der Waals surface area contributed by atoms with Crippen molar-refractivity contribution in [2.24, 2.45) is 0 Å². The first-order valence-electron chi connectivity index (χ1n) is 1.72. The number of hydrogen-bond acceptors (Lipinski definition) is 1. The molecule has 0 spiro atoms. The standard InChI is InChI=1S/C3H4F4S/c1-8-2(4)3(5,6)7/h2H,1H3. The molecule has 0 bridgehead atoms. The molecule has 0 fully saturated rings. The molecule has 0 aromatic heterocycles. The largest absolute Gasteiger partial charge is 0.429 e. The van der Waals surface area contributed by atoms with Crippen LogP contribution in [0.15, 0.2) is 0 Å². The molecule has 0 rings (SSSR count). The van der Waals surface area contributed by atoms with E-state index in [9.17, 15) is 17.6 Å². The summed E-state index contributed by atoms with van der Waals surface area (Å²) in [6, 6.07) is 0. The molecule has 0 nitrogen and oxygen atoms in total. The molecule has 0 radical (unpaired) electrons. The van der Waals surface area contributed by atoms with Gasteiger partial charge in [0.15, 0.2) is 0 Å². The van der Waals surface area contributed by atoms with E-state index in [2.05, 4.69) is 0 Å². The van der Waals surface area contributed by atoms with E-state index in [1.807, 2.05) is 0 Å². The second-order valence-corrected chi connectivity index (χ2v) is 1.98. The van der Waals surface area contributed by atoms with Gasteiger partial charge >= 0.3 is 6.18 Å². The number of hydrogen-bond donors (Lipinski definition) is 0. The Hall–Kier alpha value is 0.0700. The van der Waals surface area contributed by atoms with Gasteiger partial charge in [-0.1, -0.05) is 0 Å². The maximum Gasteiger partial charge on any atom is 0.429 e. The first-order chi connectivity index (χ1) is 3.48. The van der Waals surface area contributed by atoms with Crippen molar-refractivity contribution in [2.45, 2.75) is 11.7 Å². The van der Waals surface area contributed by atoms with Crippen LogP contribution in [0.4, 0.5) is 17.6 Å². The van der Waals surface area contributed by atoms with Crippen molar-refractivity contribution in [2.75, 3.05) is 6.26 Å². The summed E-state index contributed by atoms with van der Waals surface area (Å²) in [6.45, 7) is 0. The third-order valence-corrected chi connectivity index (χ3v) is 1.15. The molecule has 0 heterocycles. The zero-order valence-corrected chi connectivity index (χ0v) is 4.81. The van der Waals surface area contributed by atoms with Crippen LogP contribution in [0.2, 0.25) is 0 Å². The summed E-state index contributed by atoms with van der Waals surface area (Å²) in [5, 5.41) is 0. The van der Waals surface area contributed by atoms with Crippen LogP contribution >= 0.6 is 11.8 Å². The lowest BCUT2D eigenvalue weighted by atomic mass is 10.7. The number of thioether (sulfide) groups is 1. The minimum atomic E-state index is -4.70. The molecule has 0 aliphatic carbocycles. The van der Waals surface area contributed by atoms with Crippen LogP contribution < -0.4 is 0 Å². The highest BCUT2D eigenvalue weighted by molar-refractivity contribution is 7.99. The second kappa shape index (κ2) is 2.57. The minimum absolute atomic E-state index is 0.140. The summed E-state index contributed by atoms with van der Waals surface area (Å²) < 4.78 is 44.6. The van der Waals surface area contributed by atoms with Crippen LogP contribution in [0.25, 0.3) is 0 Å². The molecular weight excluding hydrogens is 144 g/mol. The predicted octanol–water partition coefficient (Wildman–Crippen LogP) is 2.21. The van der Waals surface area contributed by atoms with Crippen molar-refractivity contribution in [1.29, 1.82) is 0 Å². The van der Waals surface area contributed by atoms with Gasteiger partial charge in [0.25, 0.3) is 0 Å². The Morgan fingerprint density at radius 2 is 1.75 bits per heavy atom. The van der Waals surface area contributed by atoms with Crippen molar-refractivity contribution < 1.29 is 17.6 Å². The Balaban J connectivity index is 3.62. The van der Waals surface area contributed by atoms with Crippen LogP contribution in [0.5, 0.6) is 0 Å². The van der Waals surface area contributed by atoms with Gasteiger partial charge in [-0.25, -0.2) is 4.39 Å². The van der Waals surface area contributed by atoms with Gasteiger partial charge in [-0.2, -0.15) is 13.2 Å². The molecule has 1 unspecified atom stereocenters. The second-order valence-electron chi connectivity index (χ2n) is 1.09. The lowest BCUT2D eigenvalue weighted by Gasteiger charge is -2.07. The molecule has 0 saturated heterocycles. The summed E-state index contributed by atoms with van der Waals surface area (Å²) in [4.78, 5) is 0. The highest BCUT2D eigenvalue weighted by Gasteiger charge is 2.39. The van der Waals surface area contributed by atoms with E-state index in [0.29, 0.717) is 0 Å². The monoisotopic (exact) mass is 148 g/mol.